The molecule has 1 heterocycles. The number of rotatable bonds is 7. The van der Waals surface area contributed by atoms with Crippen LogP contribution in [0.15, 0.2) is 97.3 Å². The molecule has 0 bridgehead atoms. The van der Waals surface area contributed by atoms with Crippen LogP contribution in [-0.4, -0.2) is 28.1 Å². The fourth-order valence-electron chi connectivity index (χ4n) is 2.89. The molecule has 0 aliphatic heterocycles. The average molecular weight is 412 g/mol. The first kappa shape index (κ1) is 19.9. The number of hydrogen-bond donors (Lipinski definition) is 2. The van der Waals surface area contributed by atoms with E-state index in [1.165, 1.54) is 0 Å². The second-order valence-electron chi connectivity index (χ2n) is 6.67. The van der Waals surface area contributed by atoms with Crippen molar-refractivity contribution in [2.75, 3.05) is 11.9 Å². The van der Waals surface area contributed by atoms with Crippen molar-refractivity contribution in [2.24, 2.45) is 0 Å². The van der Waals surface area contributed by atoms with E-state index in [9.17, 15) is 9.59 Å². The highest BCUT2D eigenvalue weighted by Gasteiger charge is 2.09. The number of ether oxygens (including phenoxy) is 1. The zero-order valence-electron chi connectivity index (χ0n) is 16.6. The summed E-state index contributed by atoms with van der Waals surface area (Å²) in [6.45, 7) is -0.137. The number of benzene rings is 3. The van der Waals surface area contributed by atoms with Gasteiger partial charge in [-0.25, -0.2) is 4.68 Å². The van der Waals surface area contributed by atoms with E-state index in [1.807, 2.05) is 54.7 Å². The number of nitrogens with zero attached hydrogens (tertiary/aromatic N) is 2. The van der Waals surface area contributed by atoms with Crippen molar-refractivity contribution in [3.05, 3.63) is 103 Å². The number of carbonyl (C=O) groups excluding carboxylic acids is 2. The van der Waals surface area contributed by atoms with Crippen LogP contribution in [0.4, 0.5) is 5.69 Å². The second kappa shape index (κ2) is 9.41. The number of nitrogens with one attached hydrogen (secondary N) is 2. The van der Waals surface area contributed by atoms with Gasteiger partial charge in [-0.05, 0) is 66.7 Å². The molecule has 0 radical (unpaired) electrons. The number of anilines is 1. The Labute approximate surface area is 179 Å². The molecule has 0 spiro atoms. The highest BCUT2D eigenvalue weighted by Crippen LogP contribution is 2.21. The fourth-order valence-corrected chi connectivity index (χ4v) is 2.89. The molecule has 0 saturated carbocycles. The van der Waals surface area contributed by atoms with E-state index in [-0.39, 0.29) is 18.4 Å². The molecular formula is C24H20N4O3. The minimum atomic E-state index is -0.338. The number of para-hydroxylation sites is 1. The van der Waals surface area contributed by atoms with Gasteiger partial charge in [0.1, 0.15) is 11.5 Å². The summed E-state index contributed by atoms with van der Waals surface area (Å²) in [6.07, 6.45) is 3.53. The third kappa shape index (κ3) is 5.36. The van der Waals surface area contributed by atoms with E-state index < -0.39 is 0 Å². The van der Waals surface area contributed by atoms with Crippen molar-refractivity contribution >= 4 is 17.5 Å². The van der Waals surface area contributed by atoms with Gasteiger partial charge in [-0.3, -0.25) is 9.59 Å². The lowest BCUT2D eigenvalue weighted by atomic mass is 10.2. The molecule has 0 fully saturated rings. The summed E-state index contributed by atoms with van der Waals surface area (Å²) in [5, 5.41) is 9.53. The first-order valence-corrected chi connectivity index (χ1v) is 9.68. The number of aromatic nitrogens is 2. The van der Waals surface area contributed by atoms with Crippen LogP contribution in [0.1, 0.15) is 10.4 Å². The van der Waals surface area contributed by atoms with Gasteiger partial charge in [0.15, 0.2) is 0 Å². The van der Waals surface area contributed by atoms with Gasteiger partial charge in [0, 0.05) is 23.6 Å². The van der Waals surface area contributed by atoms with Crippen LogP contribution in [0.2, 0.25) is 0 Å². The third-order valence-corrected chi connectivity index (χ3v) is 4.42. The molecule has 4 aromatic rings. The normalized spacial score (nSPS) is 10.3. The summed E-state index contributed by atoms with van der Waals surface area (Å²) in [5.74, 6) is 0.688. The van der Waals surface area contributed by atoms with E-state index in [1.54, 1.807) is 47.3 Å². The smallest absolute Gasteiger partial charge is 0.251 e. The molecule has 154 valence electrons. The van der Waals surface area contributed by atoms with Gasteiger partial charge < -0.3 is 15.4 Å². The van der Waals surface area contributed by atoms with Crippen LogP contribution in [0.5, 0.6) is 11.5 Å². The molecule has 0 saturated heterocycles. The van der Waals surface area contributed by atoms with Gasteiger partial charge in [0.2, 0.25) is 5.91 Å². The molecule has 0 aliphatic rings. The highest BCUT2D eigenvalue weighted by molar-refractivity contribution is 5.99. The zero-order chi connectivity index (χ0) is 21.5. The minimum Gasteiger partial charge on any atom is -0.457 e. The van der Waals surface area contributed by atoms with Crippen LogP contribution in [0, 0.1) is 0 Å². The third-order valence-electron chi connectivity index (χ3n) is 4.42. The Hall–Kier alpha value is -4.39. The Morgan fingerprint density at radius 2 is 1.55 bits per heavy atom. The van der Waals surface area contributed by atoms with Crippen molar-refractivity contribution in [1.82, 2.24) is 15.1 Å². The highest BCUT2D eigenvalue weighted by atomic mass is 16.5. The van der Waals surface area contributed by atoms with Crippen LogP contribution < -0.4 is 15.4 Å². The number of carbonyl (C=O) groups is 2. The Morgan fingerprint density at radius 1 is 0.839 bits per heavy atom. The standard InChI is InChI=1S/C24H20N4O3/c29-23(27-19-9-11-20(12-10-19)28-16-4-15-26-28)17-25-24(30)18-7-13-22(14-8-18)31-21-5-2-1-3-6-21/h1-16H,17H2,(H,25,30)(H,27,29). The largest absolute Gasteiger partial charge is 0.457 e. The molecule has 3 aromatic carbocycles. The fraction of sp³-hybridized carbons (Fsp3) is 0.0417. The van der Waals surface area contributed by atoms with E-state index in [4.69, 9.17) is 4.74 Å². The van der Waals surface area contributed by atoms with Crippen molar-refractivity contribution < 1.29 is 14.3 Å². The van der Waals surface area contributed by atoms with E-state index in [0.717, 1.165) is 5.69 Å². The average Bonchev–Trinajstić information content (AvgIpc) is 3.34. The van der Waals surface area contributed by atoms with Crippen molar-refractivity contribution in [1.29, 1.82) is 0 Å². The molecular weight excluding hydrogens is 392 g/mol. The maximum Gasteiger partial charge on any atom is 0.251 e. The van der Waals surface area contributed by atoms with Gasteiger partial charge in [0.25, 0.3) is 5.91 Å². The summed E-state index contributed by atoms with van der Waals surface area (Å²) >= 11 is 0. The Bertz CT molecular complexity index is 1140. The van der Waals surface area contributed by atoms with Crippen LogP contribution in [0.25, 0.3) is 5.69 Å². The molecule has 1 aromatic heterocycles. The van der Waals surface area contributed by atoms with E-state index in [2.05, 4.69) is 15.7 Å². The zero-order valence-corrected chi connectivity index (χ0v) is 16.6. The lowest BCUT2D eigenvalue weighted by Crippen LogP contribution is -2.32. The van der Waals surface area contributed by atoms with Crippen molar-refractivity contribution in [3.8, 4) is 17.2 Å². The summed E-state index contributed by atoms with van der Waals surface area (Å²) in [4.78, 5) is 24.5. The minimum absolute atomic E-state index is 0.137. The number of hydrogen-bond acceptors (Lipinski definition) is 4. The lowest BCUT2D eigenvalue weighted by Gasteiger charge is -2.09. The molecule has 0 aliphatic carbocycles. The molecule has 0 atom stereocenters. The molecule has 31 heavy (non-hydrogen) atoms. The SMILES string of the molecule is O=C(CNC(=O)c1ccc(Oc2ccccc2)cc1)Nc1ccc(-n2cccn2)cc1. The van der Waals surface area contributed by atoms with Crippen LogP contribution >= 0.6 is 0 Å². The molecule has 2 N–H and O–H groups in total. The van der Waals surface area contributed by atoms with Gasteiger partial charge in [0.05, 0.1) is 12.2 Å². The Balaban J connectivity index is 1.26. The van der Waals surface area contributed by atoms with Crippen LogP contribution in [0.3, 0.4) is 0 Å². The number of amides is 2. The molecule has 7 nitrogen and oxygen atoms in total. The molecule has 7 heteroatoms. The summed E-state index contributed by atoms with van der Waals surface area (Å²) in [6, 6.07) is 25.2. The van der Waals surface area contributed by atoms with Crippen LogP contribution in [-0.2, 0) is 4.79 Å². The predicted molar refractivity (Wildman–Crippen MR) is 117 cm³/mol. The van der Waals surface area contributed by atoms with E-state index >= 15 is 0 Å². The van der Waals surface area contributed by atoms with Gasteiger partial charge in [-0.2, -0.15) is 5.10 Å². The Kier molecular flexibility index (Phi) is 6.04. The topological polar surface area (TPSA) is 85.3 Å². The molecule has 2 amide bonds. The van der Waals surface area contributed by atoms with Gasteiger partial charge >= 0.3 is 0 Å². The van der Waals surface area contributed by atoms with Gasteiger partial charge in [-0.15, -0.1) is 0 Å². The van der Waals surface area contributed by atoms with E-state index in [0.29, 0.717) is 22.7 Å². The molecule has 4 rings (SSSR count). The Morgan fingerprint density at radius 3 is 2.23 bits per heavy atom. The summed E-state index contributed by atoms with van der Waals surface area (Å²) in [5.41, 5.74) is 1.96. The van der Waals surface area contributed by atoms with Crippen molar-refractivity contribution in [3.63, 3.8) is 0 Å². The monoisotopic (exact) mass is 412 g/mol. The quantitative estimate of drug-likeness (QED) is 0.480. The second-order valence-corrected chi connectivity index (χ2v) is 6.67. The van der Waals surface area contributed by atoms with Gasteiger partial charge in [-0.1, -0.05) is 18.2 Å². The summed E-state index contributed by atoms with van der Waals surface area (Å²) < 4.78 is 7.43. The maximum absolute atomic E-state index is 12.3. The summed E-state index contributed by atoms with van der Waals surface area (Å²) in [7, 11) is 0. The lowest BCUT2D eigenvalue weighted by molar-refractivity contribution is -0.115. The first-order valence-electron chi connectivity index (χ1n) is 9.68. The first-order chi connectivity index (χ1) is 15.2. The predicted octanol–water partition coefficient (Wildman–Crippen LogP) is 4.03. The maximum atomic E-state index is 12.3. The van der Waals surface area contributed by atoms with Crippen molar-refractivity contribution in [2.45, 2.75) is 0 Å². The molecule has 0 unspecified atom stereocenters.